The molecule has 2 N–H and O–H groups in total. The number of nitrogens with one attached hydrogen (secondary N) is 2. The molecule has 13 heavy (non-hydrogen) atoms. The Bertz CT molecular complexity index is 287. The van der Waals surface area contributed by atoms with Crippen molar-refractivity contribution >= 4 is 29.0 Å². The minimum Gasteiger partial charge on any atom is -0.338 e. The third kappa shape index (κ3) is 3.24. The Morgan fingerprint density at radius 3 is 2.92 bits per heavy atom. The van der Waals surface area contributed by atoms with Gasteiger partial charge in [0.15, 0.2) is 0 Å². The highest BCUT2D eigenvalue weighted by Gasteiger charge is 2.02. The van der Waals surface area contributed by atoms with Gasteiger partial charge in [-0.15, -0.1) is 11.3 Å². The largest absolute Gasteiger partial charge is 0.338 e. The topological polar surface area (TPSA) is 41.1 Å². The molecule has 0 spiro atoms. The van der Waals surface area contributed by atoms with Crippen LogP contribution in [0.15, 0.2) is 11.4 Å². The Labute approximate surface area is 86.1 Å². The van der Waals surface area contributed by atoms with Crippen LogP contribution >= 0.6 is 22.9 Å². The molecule has 0 unspecified atom stereocenters. The van der Waals surface area contributed by atoms with Crippen molar-refractivity contribution in [3.63, 3.8) is 0 Å². The van der Waals surface area contributed by atoms with E-state index in [1.807, 2.05) is 18.4 Å². The first-order valence-electron chi connectivity index (χ1n) is 3.97. The molecule has 1 aromatic heterocycles. The van der Waals surface area contributed by atoms with Crippen molar-refractivity contribution in [3.8, 4) is 0 Å². The molecular formula is C8H11ClN2OS. The highest BCUT2D eigenvalue weighted by atomic mass is 35.5. The summed E-state index contributed by atoms with van der Waals surface area (Å²) in [6.07, 6.45) is 0. The van der Waals surface area contributed by atoms with Gasteiger partial charge in [-0.05, 0) is 18.4 Å². The SMILES string of the molecule is CCNC(=O)NCc1ccsc1Cl. The monoisotopic (exact) mass is 218 g/mol. The van der Waals surface area contributed by atoms with Crippen LogP contribution in [0.3, 0.4) is 0 Å². The van der Waals surface area contributed by atoms with Crippen molar-refractivity contribution in [2.45, 2.75) is 13.5 Å². The number of hydrogen-bond acceptors (Lipinski definition) is 2. The second-order valence-electron chi connectivity index (χ2n) is 2.43. The van der Waals surface area contributed by atoms with Gasteiger partial charge >= 0.3 is 6.03 Å². The number of rotatable bonds is 3. The Hall–Kier alpha value is -0.740. The Kier molecular flexibility index (Phi) is 4.05. The molecule has 0 bridgehead atoms. The van der Waals surface area contributed by atoms with E-state index in [9.17, 15) is 4.79 Å². The molecule has 2 amide bonds. The number of thiophene rings is 1. The molecule has 1 rings (SSSR count). The lowest BCUT2D eigenvalue weighted by atomic mass is 10.3. The number of halogens is 1. The predicted molar refractivity (Wildman–Crippen MR) is 55.2 cm³/mol. The van der Waals surface area contributed by atoms with Crippen LogP contribution in [-0.4, -0.2) is 12.6 Å². The number of urea groups is 1. The molecule has 0 aliphatic carbocycles. The normalized spacial score (nSPS) is 9.69. The minimum absolute atomic E-state index is 0.162. The molecule has 0 radical (unpaired) electrons. The van der Waals surface area contributed by atoms with Crippen LogP contribution in [0.4, 0.5) is 4.79 Å². The fourth-order valence-electron chi connectivity index (χ4n) is 0.844. The lowest BCUT2D eigenvalue weighted by molar-refractivity contribution is 0.241. The van der Waals surface area contributed by atoms with Gasteiger partial charge in [-0.1, -0.05) is 11.6 Å². The maximum atomic E-state index is 11.0. The van der Waals surface area contributed by atoms with Gasteiger partial charge in [0.25, 0.3) is 0 Å². The van der Waals surface area contributed by atoms with Crippen LogP contribution in [0.2, 0.25) is 4.34 Å². The van der Waals surface area contributed by atoms with Gasteiger partial charge in [0.1, 0.15) is 0 Å². The minimum atomic E-state index is -0.162. The summed E-state index contributed by atoms with van der Waals surface area (Å²) in [7, 11) is 0. The van der Waals surface area contributed by atoms with Crippen molar-refractivity contribution in [1.29, 1.82) is 0 Å². The molecule has 72 valence electrons. The molecule has 0 atom stereocenters. The number of amides is 2. The molecule has 0 saturated carbocycles. The summed E-state index contributed by atoms with van der Waals surface area (Å²) < 4.78 is 0.733. The summed E-state index contributed by atoms with van der Waals surface area (Å²) in [6.45, 7) is 2.98. The molecule has 0 aromatic carbocycles. The molecule has 0 aliphatic rings. The van der Waals surface area contributed by atoms with Crippen molar-refractivity contribution in [2.24, 2.45) is 0 Å². The van der Waals surface area contributed by atoms with Crippen LogP contribution in [0.5, 0.6) is 0 Å². The van der Waals surface area contributed by atoms with E-state index >= 15 is 0 Å². The summed E-state index contributed by atoms with van der Waals surface area (Å²) in [4.78, 5) is 11.0. The van der Waals surface area contributed by atoms with E-state index in [0.29, 0.717) is 13.1 Å². The van der Waals surface area contributed by atoms with Crippen LogP contribution in [0, 0.1) is 0 Å². The van der Waals surface area contributed by atoms with E-state index < -0.39 is 0 Å². The summed E-state index contributed by atoms with van der Waals surface area (Å²) in [5, 5.41) is 7.24. The van der Waals surface area contributed by atoms with Crippen LogP contribution in [0.1, 0.15) is 12.5 Å². The maximum absolute atomic E-state index is 11.0. The zero-order chi connectivity index (χ0) is 9.68. The van der Waals surface area contributed by atoms with Crippen LogP contribution in [-0.2, 0) is 6.54 Å². The zero-order valence-corrected chi connectivity index (χ0v) is 8.84. The molecular weight excluding hydrogens is 208 g/mol. The maximum Gasteiger partial charge on any atom is 0.315 e. The van der Waals surface area contributed by atoms with Crippen molar-refractivity contribution in [3.05, 3.63) is 21.3 Å². The zero-order valence-electron chi connectivity index (χ0n) is 7.26. The van der Waals surface area contributed by atoms with E-state index in [0.717, 1.165) is 9.90 Å². The molecule has 3 nitrogen and oxygen atoms in total. The number of carbonyl (C=O) groups excluding carboxylic acids is 1. The summed E-state index contributed by atoms with van der Waals surface area (Å²) >= 11 is 7.31. The summed E-state index contributed by atoms with van der Waals surface area (Å²) in [5.41, 5.74) is 0.956. The average Bonchev–Trinajstić information content (AvgIpc) is 2.48. The van der Waals surface area contributed by atoms with Gasteiger partial charge in [-0.2, -0.15) is 0 Å². The Balaban J connectivity index is 2.35. The lowest BCUT2D eigenvalue weighted by Gasteiger charge is -2.04. The summed E-state index contributed by atoms with van der Waals surface area (Å²) in [6, 6.07) is 1.74. The van der Waals surface area contributed by atoms with E-state index in [1.54, 1.807) is 0 Å². The van der Waals surface area contributed by atoms with E-state index in [-0.39, 0.29) is 6.03 Å². The van der Waals surface area contributed by atoms with Crippen LogP contribution < -0.4 is 10.6 Å². The molecule has 0 fully saturated rings. The number of hydrogen-bond donors (Lipinski definition) is 2. The van der Waals surface area contributed by atoms with Gasteiger partial charge in [-0.3, -0.25) is 0 Å². The van der Waals surface area contributed by atoms with Crippen LogP contribution in [0.25, 0.3) is 0 Å². The predicted octanol–water partition coefficient (Wildman–Crippen LogP) is 2.22. The first-order chi connectivity index (χ1) is 6.24. The van der Waals surface area contributed by atoms with Crippen molar-refractivity contribution in [2.75, 3.05) is 6.54 Å². The van der Waals surface area contributed by atoms with E-state index in [2.05, 4.69) is 10.6 Å². The highest BCUT2D eigenvalue weighted by Crippen LogP contribution is 2.22. The summed E-state index contributed by atoms with van der Waals surface area (Å²) in [5.74, 6) is 0. The average molecular weight is 219 g/mol. The lowest BCUT2D eigenvalue weighted by Crippen LogP contribution is -2.34. The molecule has 0 saturated heterocycles. The van der Waals surface area contributed by atoms with Gasteiger partial charge < -0.3 is 10.6 Å². The molecule has 1 heterocycles. The fraction of sp³-hybridized carbons (Fsp3) is 0.375. The van der Waals surface area contributed by atoms with Crippen molar-refractivity contribution in [1.82, 2.24) is 10.6 Å². The second-order valence-corrected chi connectivity index (χ2v) is 3.95. The quantitative estimate of drug-likeness (QED) is 0.803. The number of carbonyl (C=O) groups is 1. The third-order valence-electron chi connectivity index (χ3n) is 1.47. The Morgan fingerprint density at radius 2 is 2.38 bits per heavy atom. The van der Waals surface area contributed by atoms with Gasteiger partial charge in [0.2, 0.25) is 0 Å². The van der Waals surface area contributed by atoms with E-state index in [1.165, 1.54) is 11.3 Å². The first kappa shape index (κ1) is 10.3. The van der Waals surface area contributed by atoms with Gasteiger partial charge in [0.05, 0.1) is 4.34 Å². The molecule has 1 aromatic rings. The van der Waals surface area contributed by atoms with Crippen molar-refractivity contribution < 1.29 is 4.79 Å². The smallest absolute Gasteiger partial charge is 0.315 e. The fourth-order valence-corrected chi connectivity index (χ4v) is 1.77. The Morgan fingerprint density at radius 1 is 1.62 bits per heavy atom. The van der Waals surface area contributed by atoms with E-state index in [4.69, 9.17) is 11.6 Å². The first-order valence-corrected chi connectivity index (χ1v) is 5.23. The highest BCUT2D eigenvalue weighted by molar-refractivity contribution is 7.14. The van der Waals surface area contributed by atoms with Gasteiger partial charge in [0, 0.05) is 18.7 Å². The van der Waals surface area contributed by atoms with Gasteiger partial charge in [-0.25, -0.2) is 4.79 Å². The third-order valence-corrected chi connectivity index (χ3v) is 2.72. The second kappa shape index (κ2) is 5.09. The standard InChI is InChI=1S/C8H11ClN2OS/c1-2-10-8(12)11-5-6-3-4-13-7(6)9/h3-4H,2,5H2,1H3,(H2,10,11,12). The molecule has 5 heteroatoms. The molecule has 0 aliphatic heterocycles.